The van der Waals surface area contributed by atoms with Crippen molar-refractivity contribution in [3.63, 3.8) is 0 Å². The molecule has 0 radical (unpaired) electrons. The molecule has 114 valence electrons. The van der Waals surface area contributed by atoms with E-state index < -0.39 is 10.0 Å². The van der Waals surface area contributed by atoms with E-state index in [4.69, 9.17) is 4.42 Å². The van der Waals surface area contributed by atoms with E-state index in [9.17, 15) is 8.42 Å². The van der Waals surface area contributed by atoms with Gasteiger partial charge in [0.25, 0.3) is 10.0 Å². The van der Waals surface area contributed by atoms with Crippen LogP contribution in [-0.4, -0.2) is 32.4 Å². The Morgan fingerprint density at radius 3 is 2.70 bits per heavy atom. The summed E-state index contributed by atoms with van der Waals surface area (Å²) < 4.78 is 31.9. The molecule has 0 saturated heterocycles. The van der Waals surface area contributed by atoms with Crippen molar-refractivity contribution in [2.75, 3.05) is 13.6 Å². The maximum Gasteiger partial charge on any atom is 0.276 e. The first-order valence-electron chi connectivity index (χ1n) is 7.33. The molecule has 2 rings (SSSR count). The lowest BCUT2D eigenvalue weighted by Crippen LogP contribution is -2.34. The van der Waals surface area contributed by atoms with Crippen LogP contribution in [0.5, 0.6) is 0 Å². The highest BCUT2D eigenvalue weighted by Crippen LogP contribution is 2.27. The Labute approximate surface area is 121 Å². The Balaban J connectivity index is 2.05. The minimum absolute atomic E-state index is 0.0557. The van der Waals surface area contributed by atoms with E-state index in [0.717, 1.165) is 38.6 Å². The van der Waals surface area contributed by atoms with Gasteiger partial charge in [-0.15, -0.1) is 0 Å². The zero-order chi connectivity index (χ0) is 14.6. The minimum atomic E-state index is -3.49. The van der Waals surface area contributed by atoms with E-state index in [1.807, 2.05) is 0 Å². The monoisotopic (exact) mass is 300 g/mol. The van der Waals surface area contributed by atoms with Crippen LogP contribution in [-0.2, 0) is 16.6 Å². The number of furan rings is 1. The predicted molar refractivity (Wildman–Crippen MR) is 77.9 cm³/mol. The summed E-state index contributed by atoms with van der Waals surface area (Å²) in [6, 6.07) is 3.41. The number of sulfonamides is 1. The summed E-state index contributed by atoms with van der Waals surface area (Å²) in [6.45, 7) is 3.54. The lowest BCUT2D eigenvalue weighted by atomic mass is 10.3. The molecule has 0 spiro atoms. The fraction of sp³-hybridized carbons (Fsp3) is 0.714. The van der Waals surface area contributed by atoms with Gasteiger partial charge in [0.05, 0.1) is 6.54 Å². The third-order valence-electron chi connectivity index (χ3n) is 3.84. The van der Waals surface area contributed by atoms with Crippen molar-refractivity contribution in [2.45, 2.75) is 56.7 Å². The van der Waals surface area contributed by atoms with Crippen LogP contribution < -0.4 is 5.32 Å². The molecule has 1 N–H and O–H groups in total. The van der Waals surface area contributed by atoms with Crippen LogP contribution in [0.25, 0.3) is 0 Å². The molecule has 5 nitrogen and oxygen atoms in total. The Morgan fingerprint density at radius 2 is 2.05 bits per heavy atom. The van der Waals surface area contributed by atoms with Crippen molar-refractivity contribution in [1.82, 2.24) is 9.62 Å². The van der Waals surface area contributed by atoms with Gasteiger partial charge in [-0.05, 0) is 37.9 Å². The zero-order valence-corrected chi connectivity index (χ0v) is 13.1. The van der Waals surface area contributed by atoms with Crippen LogP contribution in [0.1, 0.15) is 44.8 Å². The van der Waals surface area contributed by atoms with Crippen molar-refractivity contribution in [3.8, 4) is 0 Å². The normalized spacial score (nSPS) is 17.1. The molecule has 1 aromatic rings. The van der Waals surface area contributed by atoms with Gasteiger partial charge >= 0.3 is 0 Å². The first-order chi connectivity index (χ1) is 9.55. The zero-order valence-electron chi connectivity index (χ0n) is 12.3. The highest BCUT2D eigenvalue weighted by Gasteiger charge is 2.32. The molecule has 0 amide bonds. The third-order valence-corrected chi connectivity index (χ3v) is 5.62. The largest absolute Gasteiger partial charge is 0.447 e. The second kappa shape index (κ2) is 6.74. The van der Waals surface area contributed by atoms with Gasteiger partial charge in [0, 0.05) is 13.1 Å². The van der Waals surface area contributed by atoms with Crippen LogP contribution in [0.3, 0.4) is 0 Å². The van der Waals surface area contributed by atoms with Crippen LogP contribution in [0.4, 0.5) is 0 Å². The molecule has 1 aliphatic rings. The second-order valence-corrected chi connectivity index (χ2v) is 7.29. The van der Waals surface area contributed by atoms with E-state index in [0.29, 0.717) is 12.3 Å². The average molecular weight is 300 g/mol. The van der Waals surface area contributed by atoms with Crippen molar-refractivity contribution in [3.05, 3.63) is 17.9 Å². The molecule has 0 bridgehead atoms. The van der Waals surface area contributed by atoms with Crippen molar-refractivity contribution in [2.24, 2.45) is 0 Å². The molecule has 6 heteroatoms. The topological polar surface area (TPSA) is 62.6 Å². The van der Waals surface area contributed by atoms with Gasteiger partial charge in [0.2, 0.25) is 5.09 Å². The number of hydrogen-bond donors (Lipinski definition) is 1. The summed E-state index contributed by atoms with van der Waals surface area (Å²) in [5, 5.41) is 3.25. The number of nitrogens with one attached hydrogen (secondary N) is 1. The average Bonchev–Trinajstić information content (AvgIpc) is 3.09. The van der Waals surface area contributed by atoms with Gasteiger partial charge in [0.1, 0.15) is 5.76 Å². The molecule has 1 heterocycles. The highest BCUT2D eigenvalue weighted by molar-refractivity contribution is 7.89. The van der Waals surface area contributed by atoms with Crippen molar-refractivity contribution >= 4 is 10.0 Å². The van der Waals surface area contributed by atoms with Gasteiger partial charge in [-0.2, -0.15) is 4.31 Å². The summed E-state index contributed by atoms with van der Waals surface area (Å²) in [5.41, 5.74) is 0. The standard InChI is InChI=1S/C14H24N2O3S/c1-3-10-15-11-13-8-9-14(19-13)20(17,18)16(2)12-6-4-5-7-12/h8-9,12,15H,3-7,10-11H2,1-2H3. The van der Waals surface area contributed by atoms with Crippen LogP contribution >= 0.6 is 0 Å². The van der Waals surface area contributed by atoms with E-state index in [2.05, 4.69) is 12.2 Å². The van der Waals surface area contributed by atoms with Crippen LogP contribution in [0.2, 0.25) is 0 Å². The molecule has 1 fully saturated rings. The second-order valence-electron chi connectivity index (χ2n) is 5.36. The van der Waals surface area contributed by atoms with Crippen LogP contribution in [0.15, 0.2) is 21.6 Å². The van der Waals surface area contributed by atoms with E-state index >= 15 is 0 Å². The molecule has 1 aliphatic carbocycles. The van der Waals surface area contributed by atoms with Gasteiger partial charge in [-0.3, -0.25) is 0 Å². The maximum absolute atomic E-state index is 12.5. The SMILES string of the molecule is CCCNCc1ccc(S(=O)(=O)N(C)C2CCCC2)o1. The van der Waals surface area contributed by atoms with Crippen molar-refractivity contribution < 1.29 is 12.8 Å². The lowest BCUT2D eigenvalue weighted by Gasteiger charge is -2.22. The van der Waals surface area contributed by atoms with Gasteiger partial charge < -0.3 is 9.73 Å². The highest BCUT2D eigenvalue weighted by atomic mass is 32.2. The number of nitrogens with zero attached hydrogens (tertiary/aromatic N) is 1. The minimum Gasteiger partial charge on any atom is -0.447 e. The molecular formula is C14H24N2O3S. The Morgan fingerprint density at radius 1 is 1.35 bits per heavy atom. The molecule has 0 aliphatic heterocycles. The van der Waals surface area contributed by atoms with Gasteiger partial charge in [-0.25, -0.2) is 8.42 Å². The van der Waals surface area contributed by atoms with E-state index in [-0.39, 0.29) is 11.1 Å². The summed E-state index contributed by atoms with van der Waals surface area (Å²) in [7, 11) is -1.84. The Kier molecular flexibility index (Phi) is 5.23. The fourth-order valence-electron chi connectivity index (χ4n) is 2.59. The van der Waals surface area contributed by atoms with Crippen LogP contribution in [0, 0.1) is 0 Å². The molecule has 0 unspecified atom stereocenters. The Bertz CT molecular complexity index is 518. The summed E-state index contributed by atoms with van der Waals surface area (Å²) in [4.78, 5) is 0. The van der Waals surface area contributed by atoms with Gasteiger partial charge in [-0.1, -0.05) is 19.8 Å². The predicted octanol–water partition coefficient (Wildman–Crippen LogP) is 2.34. The van der Waals surface area contributed by atoms with E-state index in [1.165, 1.54) is 4.31 Å². The summed E-state index contributed by atoms with van der Waals surface area (Å²) in [5.74, 6) is 0.664. The lowest BCUT2D eigenvalue weighted by molar-refractivity contribution is 0.343. The molecule has 0 atom stereocenters. The molecular weight excluding hydrogens is 276 g/mol. The maximum atomic E-state index is 12.5. The van der Waals surface area contributed by atoms with Gasteiger partial charge in [0.15, 0.2) is 0 Å². The molecule has 20 heavy (non-hydrogen) atoms. The fourth-order valence-corrected chi connectivity index (χ4v) is 3.93. The number of rotatable bonds is 7. The van der Waals surface area contributed by atoms with Crippen molar-refractivity contribution in [1.29, 1.82) is 0 Å². The summed E-state index contributed by atoms with van der Waals surface area (Å²) in [6.07, 6.45) is 5.14. The van der Waals surface area contributed by atoms with E-state index in [1.54, 1.807) is 19.2 Å². The number of hydrogen-bond acceptors (Lipinski definition) is 4. The third kappa shape index (κ3) is 3.42. The Hall–Kier alpha value is -0.850. The molecule has 0 aromatic carbocycles. The first kappa shape index (κ1) is 15.5. The quantitative estimate of drug-likeness (QED) is 0.785. The molecule has 1 saturated carbocycles. The smallest absolute Gasteiger partial charge is 0.276 e. The summed E-state index contributed by atoms with van der Waals surface area (Å²) >= 11 is 0. The molecule has 1 aromatic heterocycles. The first-order valence-corrected chi connectivity index (χ1v) is 8.77.